The Morgan fingerprint density at radius 3 is 2.42 bits per heavy atom. The van der Waals surface area contributed by atoms with Crippen LogP contribution in [0.1, 0.15) is 102 Å². The Morgan fingerprint density at radius 1 is 0.903 bits per heavy atom. The number of ether oxygens (including phenoxy) is 2. The van der Waals surface area contributed by atoms with Gasteiger partial charge in [-0.15, -0.1) is 0 Å². The van der Waals surface area contributed by atoms with E-state index in [1.165, 1.54) is 0 Å². The number of hydrogen-bond acceptors (Lipinski definition) is 11. The van der Waals surface area contributed by atoms with Crippen molar-refractivity contribution in [2.75, 3.05) is 31.1 Å². The fraction of sp³-hybridized carbons (Fsp3) is 0.447. The van der Waals surface area contributed by atoms with Crippen LogP contribution in [0.3, 0.4) is 0 Å². The SMILES string of the molecule is [C-]#[N+]c1ccc(OC2CCC(NC(=O)c3ccc(N4CCC(CN(CC)C5CC(Oc6ccc7c(c6)C(=O)N(C6CCC(=O)NC6=O)C7=O)C5)CC4)nc3)CC2)c2cccnc12. The largest absolute Gasteiger partial charge is 0.490 e. The van der Waals surface area contributed by atoms with E-state index in [1.807, 2.05) is 30.3 Å². The van der Waals surface area contributed by atoms with E-state index in [1.54, 1.807) is 36.7 Å². The van der Waals surface area contributed by atoms with E-state index in [-0.39, 0.29) is 48.1 Å². The summed E-state index contributed by atoms with van der Waals surface area (Å²) in [6.07, 6.45) is 10.7. The lowest BCUT2D eigenvalue weighted by Crippen LogP contribution is -2.54. The van der Waals surface area contributed by atoms with Crippen LogP contribution < -0.4 is 25.0 Å². The monoisotopic (exact) mass is 838 g/mol. The summed E-state index contributed by atoms with van der Waals surface area (Å²) in [4.78, 5) is 82.0. The molecule has 320 valence electrons. The number of hydrogen-bond donors (Lipinski definition) is 2. The number of amides is 5. The minimum Gasteiger partial charge on any atom is -0.490 e. The van der Waals surface area contributed by atoms with Gasteiger partial charge in [-0.3, -0.25) is 39.2 Å². The number of carbonyl (C=O) groups is 5. The molecule has 3 aliphatic heterocycles. The molecule has 2 aliphatic carbocycles. The minimum atomic E-state index is -0.998. The summed E-state index contributed by atoms with van der Waals surface area (Å²) in [5, 5.41) is 6.27. The minimum absolute atomic E-state index is 0.000469. The average Bonchev–Trinajstić information content (AvgIpc) is 3.52. The highest BCUT2D eigenvalue weighted by Crippen LogP contribution is 2.36. The van der Waals surface area contributed by atoms with Crippen molar-refractivity contribution < 1.29 is 33.4 Å². The van der Waals surface area contributed by atoms with E-state index in [0.29, 0.717) is 34.5 Å². The second kappa shape index (κ2) is 17.5. The van der Waals surface area contributed by atoms with Crippen LogP contribution in [0.4, 0.5) is 11.5 Å². The van der Waals surface area contributed by atoms with Crippen molar-refractivity contribution in [3.05, 3.63) is 95.1 Å². The van der Waals surface area contributed by atoms with E-state index < -0.39 is 29.7 Å². The predicted octanol–water partition coefficient (Wildman–Crippen LogP) is 5.85. The number of piperidine rings is 2. The Morgan fingerprint density at radius 2 is 1.69 bits per heavy atom. The van der Waals surface area contributed by atoms with Crippen LogP contribution in [0.5, 0.6) is 11.5 Å². The second-order valence-corrected chi connectivity index (χ2v) is 17.1. The highest BCUT2D eigenvalue weighted by Gasteiger charge is 2.45. The number of aromatic nitrogens is 2. The standard InChI is InChI=1S/C47H50N8O7/c1-3-53(31-23-34(24-31)61-33-11-12-35-37(25-33)47(60)55(46(35)59)39-14-17-42(56)52-45(39)58)27-28-18-21-54(22-19-28)41-16-6-29(26-50-41)44(57)51-30-7-9-32(10-8-30)62-40-15-13-38(48-2)43-36(40)5-4-20-49-43/h4-6,11-13,15-16,20,25-26,28,30-32,34,39H,3,7-10,14,17-19,21-24,27H2,1H3,(H,51,57)(H,52,56,58). The van der Waals surface area contributed by atoms with E-state index in [0.717, 1.165) is 99.4 Å². The number of rotatable bonds is 12. The van der Waals surface area contributed by atoms with Gasteiger partial charge in [0.1, 0.15) is 29.5 Å². The molecular weight excluding hydrogens is 789 g/mol. The molecule has 9 rings (SSSR count). The average molecular weight is 839 g/mol. The molecule has 0 radical (unpaired) electrons. The Bertz CT molecular complexity index is 2430. The third-order valence-corrected chi connectivity index (χ3v) is 13.3. The Hall–Kier alpha value is -6.40. The Balaban J connectivity index is 0.696. The van der Waals surface area contributed by atoms with Crippen molar-refractivity contribution in [3.8, 4) is 11.5 Å². The summed E-state index contributed by atoms with van der Waals surface area (Å²) in [6, 6.07) is 15.6. The number of fused-ring (bicyclic) bond motifs is 2. The van der Waals surface area contributed by atoms with Crippen molar-refractivity contribution in [1.82, 2.24) is 30.4 Å². The zero-order chi connectivity index (χ0) is 42.9. The van der Waals surface area contributed by atoms with Crippen molar-refractivity contribution in [2.45, 2.75) is 101 Å². The van der Waals surface area contributed by atoms with Gasteiger partial charge in [0.05, 0.1) is 34.9 Å². The summed E-state index contributed by atoms with van der Waals surface area (Å²) in [5.74, 6) is 0.498. The van der Waals surface area contributed by atoms with Gasteiger partial charge >= 0.3 is 0 Å². The van der Waals surface area contributed by atoms with Crippen LogP contribution >= 0.6 is 0 Å². The molecule has 1 unspecified atom stereocenters. The molecule has 2 aromatic carbocycles. The molecule has 1 atom stereocenters. The maximum absolute atomic E-state index is 13.3. The molecule has 4 aromatic rings. The number of benzene rings is 2. The molecule has 2 saturated carbocycles. The summed E-state index contributed by atoms with van der Waals surface area (Å²) in [7, 11) is 0. The molecule has 0 bridgehead atoms. The van der Waals surface area contributed by atoms with E-state index >= 15 is 0 Å². The molecule has 62 heavy (non-hydrogen) atoms. The van der Waals surface area contributed by atoms with Gasteiger partial charge in [0.15, 0.2) is 0 Å². The lowest BCUT2D eigenvalue weighted by atomic mass is 9.86. The van der Waals surface area contributed by atoms with Gasteiger partial charge in [0.25, 0.3) is 17.7 Å². The molecule has 0 spiro atoms. The number of anilines is 1. The topological polar surface area (TPSA) is 168 Å². The second-order valence-electron chi connectivity index (χ2n) is 17.1. The maximum Gasteiger partial charge on any atom is 0.262 e. The number of pyridine rings is 2. The quantitative estimate of drug-likeness (QED) is 0.130. The summed E-state index contributed by atoms with van der Waals surface area (Å²) >= 11 is 0. The highest BCUT2D eigenvalue weighted by molar-refractivity contribution is 6.23. The summed E-state index contributed by atoms with van der Waals surface area (Å²) < 4.78 is 12.6. The highest BCUT2D eigenvalue weighted by atomic mass is 16.5. The number of nitrogens with one attached hydrogen (secondary N) is 2. The van der Waals surface area contributed by atoms with E-state index in [2.05, 4.69) is 37.2 Å². The van der Waals surface area contributed by atoms with Crippen LogP contribution in [0, 0.1) is 12.5 Å². The molecule has 5 amide bonds. The van der Waals surface area contributed by atoms with Crippen molar-refractivity contribution in [1.29, 1.82) is 0 Å². The van der Waals surface area contributed by atoms with Crippen LogP contribution in [0.2, 0.25) is 0 Å². The van der Waals surface area contributed by atoms with Gasteiger partial charge in [-0.1, -0.05) is 13.0 Å². The van der Waals surface area contributed by atoms with Crippen molar-refractivity contribution >= 4 is 51.9 Å². The predicted molar refractivity (Wildman–Crippen MR) is 229 cm³/mol. The molecule has 2 aromatic heterocycles. The fourth-order valence-corrected chi connectivity index (χ4v) is 9.67. The van der Waals surface area contributed by atoms with Crippen LogP contribution in [-0.4, -0.2) is 106 Å². The van der Waals surface area contributed by atoms with Gasteiger partial charge in [0.2, 0.25) is 17.5 Å². The maximum atomic E-state index is 13.3. The molecule has 2 saturated heterocycles. The fourth-order valence-electron chi connectivity index (χ4n) is 9.67. The van der Waals surface area contributed by atoms with Gasteiger partial charge < -0.3 is 24.6 Å². The third-order valence-electron chi connectivity index (χ3n) is 13.3. The molecule has 4 fully saturated rings. The van der Waals surface area contributed by atoms with Crippen molar-refractivity contribution in [2.24, 2.45) is 5.92 Å². The van der Waals surface area contributed by atoms with Gasteiger partial charge in [-0.2, -0.15) is 0 Å². The zero-order valence-corrected chi connectivity index (χ0v) is 34.8. The Labute approximate surface area is 360 Å². The normalized spacial score (nSPS) is 24.0. The molecule has 15 heteroatoms. The Kier molecular flexibility index (Phi) is 11.6. The smallest absolute Gasteiger partial charge is 0.262 e. The molecular formula is C47H50N8O7. The van der Waals surface area contributed by atoms with Gasteiger partial charge in [-0.25, -0.2) is 9.83 Å². The third kappa shape index (κ3) is 8.31. The number of imide groups is 2. The first-order valence-corrected chi connectivity index (χ1v) is 21.9. The van der Waals surface area contributed by atoms with Crippen LogP contribution in [0.25, 0.3) is 15.7 Å². The zero-order valence-electron chi connectivity index (χ0n) is 34.8. The molecule has 15 nitrogen and oxygen atoms in total. The first-order chi connectivity index (χ1) is 30.1. The summed E-state index contributed by atoms with van der Waals surface area (Å²) in [5.41, 5.74) is 2.18. The van der Waals surface area contributed by atoms with Gasteiger partial charge in [0, 0.05) is 68.8 Å². The first kappa shape index (κ1) is 41.0. The van der Waals surface area contributed by atoms with Gasteiger partial charge in [-0.05, 0) is 106 Å². The summed E-state index contributed by atoms with van der Waals surface area (Å²) in [6.45, 7) is 13.4. The van der Waals surface area contributed by atoms with E-state index in [9.17, 15) is 24.0 Å². The number of nitrogens with zero attached hydrogens (tertiary/aromatic N) is 6. The van der Waals surface area contributed by atoms with Crippen LogP contribution in [0.15, 0.2) is 67.0 Å². The molecule has 5 heterocycles. The molecule has 5 aliphatic rings. The lowest BCUT2D eigenvalue weighted by molar-refractivity contribution is -0.136. The lowest BCUT2D eigenvalue weighted by Gasteiger charge is -2.44. The first-order valence-electron chi connectivity index (χ1n) is 21.9. The number of carbonyl (C=O) groups excluding carboxylic acids is 5. The van der Waals surface area contributed by atoms with E-state index in [4.69, 9.17) is 21.0 Å². The van der Waals surface area contributed by atoms with Crippen LogP contribution in [-0.2, 0) is 9.59 Å². The molecule has 2 N–H and O–H groups in total. The van der Waals surface area contributed by atoms with Crippen molar-refractivity contribution in [3.63, 3.8) is 0 Å².